The number of benzene rings is 1. The Kier molecular flexibility index (Phi) is 8.81. The first-order valence-electron chi connectivity index (χ1n) is 12.5. The number of carbonyl (C=O) groups excluding carboxylic acids is 2. The van der Waals surface area contributed by atoms with Gasteiger partial charge in [0.1, 0.15) is 11.4 Å². The third-order valence-corrected chi connectivity index (χ3v) is 6.59. The Morgan fingerprint density at radius 3 is 1.79 bits per heavy atom. The number of terminal acetylenes is 1. The summed E-state index contributed by atoms with van der Waals surface area (Å²) >= 11 is 6.12. The molecule has 0 fully saturated rings. The van der Waals surface area contributed by atoms with E-state index in [1.807, 2.05) is 38.1 Å². The molecule has 10 nitrogen and oxygen atoms in total. The maximum absolute atomic E-state index is 11.8. The van der Waals surface area contributed by atoms with E-state index < -0.39 is 11.8 Å². The third-order valence-electron chi connectivity index (χ3n) is 6.18. The summed E-state index contributed by atoms with van der Waals surface area (Å²) in [4.78, 5) is 39.5. The van der Waals surface area contributed by atoms with E-state index in [0.29, 0.717) is 39.2 Å². The van der Waals surface area contributed by atoms with Crippen molar-refractivity contribution in [2.24, 2.45) is 11.5 Å². The van der Waals surface area contributed by atoms with Gasteiger partial charge in [-0.3, -0.25) is 28.7 Å². The molecule has 0 aliphatic rings. The zero-order valence-corrected chi connectivity index (χ0v) is 23.7. The number of nitrogens with zero attached hydrogens (tertiary/aromatic N) is 6. The van der Waals surface area contributed by atoms with Crippen LogP contribution in [0.5, 0.6) is 0 Å². The van der Waals surface area contributed by atoms with Crippen molar-refractivity contribution in [1.29, 1.82) is 0 Å². The fourth-order valence-corrected chi connectivity index (χ4v) is 4.24. The molecule has 208 valence electrons. The highest BCUT2D eigenvalue weighted by atomic mass is 35.5. The highest BCUT2D eigenvalue weighted by Gasteiger charge is 2.19. The topological polar surface area (TPSA) is 148 Å². The van der Waals surface area contributed by atoms with Crippen LogP contribution < -0.4 is 11.5 Å². The maximum atomic E-state index is 11.8. The summed E-state index contributed by atoms with van der Waals surface area (Å²) in [5.41, 5.74) is 16.2. The van der Waals surface area contributed by atoms with Gasteiger partial charge in [-0.05, 0) is 74.6 Å². The second-order valence-electron chi connectivity index (χ2n) is 8.87. The van der Waals surface area contributed by atoms with Crippen LogP contribution in [0.25, 0.3) is 11.4 Å². The number of aromatic nitrogens is 6. The Morgan fingerprint density at radius 2 is 1.31 bits per heavy atom. The van der Waals surface area contributed by atoms with Crippen molar-refractivity contribution in [3.63, 3.8) is 0 Å². The molecule has 0 saturated carbocycles. The molecule has 0 unspecified atom stereocenters. The molecule has 42 heavy (non-hydrogen) atoms. The van der Waals surface area contributed by atoms with E-state index in [9.17, 15) is 9.59 Å². The molecule has 5 aromatic rings. The Morgan fingerprint density at radius 1 is 0.786 bits per heavy atom. The standard InChI is InChI=1S/C19H15ClN4O.C12H10N4O/c1-12-14(5-3-7-16(12)20)8-9-17-13(2)24(19(23-17)18(21)25)15-6-4-10-22-11-15;1-3-10-8(2)16(12(15-10)11(13)17)9-5-4-6-14-7-9/h3-7,10-11H,1-2H3,(H2,21,25);1,4-7H,2H3,(H2,13,17). The van der Waals surface area contributed by atoms with Gasteiger partial charge in [0.2, 0.25) is 11.6 Å². The molecular formula is C31H25ClN8O2. The summed E-state index contributed by atoms with van der Waals surface area (Å²) in [6.45, 7) is 5.52. The van der Waals surface area contributed by atoms with Crippen LogP contribution in [-0.4, -0.2) is 40.9 Å². The van der Waals surface area contributed by atoms with Crippen LogP contribution in [-0.2, 0) is 0 Å². The zero-order valence-electron chi connectivity index (χ0n) is 23.0. The van der Waals surface area contributed by atoms with E-state index in [2.05, 4.69) is 37.7 Å². The summed E-state index contributed by atoms with van der Waals surface area (Å²) in [6, 6.07) is 12.7. The Balaban J connectivity index is 0.000000208. The van der Waals surface area contributed by atoms with Crippen LogP contribution in [0.1, 0.15) is 55.1 Å². The molecule has 0 aliphatic carbocycles. The van der Waals surface area contributed by atoms with Gasteiger partial charge in [-0.2, -0.15) is 0 Å². The number of carbonyl (C=O) groups is 2. The fourth-order valence-electron chi connectivity index (χ4n) is 4.06. The van der Waals surface area contributed by atoms with E-state index in [1.165, 1.54) is 0 Å². The first-order valence-corrected chi connectivity index (χ1v) is 12.8. The van der Waals surface area contributed by atoms with Gasteiger partial charge >= 0.3 is 0 Å². The molecule has 1 aromatic carbocycles. The molecule has 0 aliphatic heterocycles. The number of hydrogen-bond donors (Lipinski definition) is 2. The number of pyridine rings is 2. The van der Waals surface area contributed by atoms with Gasteiger partial charge in [-0.15, -0.1) is 6.42 Å². The zero-order chi connectivity index (χ0) is 30.4. The predicted molar refractivity (Wildman–Crippen MR) is 159 cm³/mol. The first kappa shape index (κ1) is 29.3. The number of hydrogen-bond acceptors (Lipinski definition) is 6. The van der Waals surface area contributed by atoms with Gasteiger partial charge in [-0.25, -0.2) is 9.97 Å². The second-order valence-corrected chi connectivity index (χ2v) is 9.27. The Hall–Kier alpha value is -5.71. The number of halogens is 1. The van der Waals surface area contributed by atoms with Crippen molar-refractivity contribution < 1.29 is 9.59 Å². The maximum Gasteiger partial charge on any atom is 0.285 e. The Bertz CT molecular complexity index is 1890. The predicted octanol–water partition coefficient (Wildman–Crippen LogP) is 3.69. The average molecular weight is 577 g/mol. The van der Waals surface area contributed by atoms with Crippen molar-refractivity contribution >= 4 is 23.4 Å². The molecule has 0 radical (unpaired) electrons. The minimum absolute atomic E-state index is 0.114. The molecule has 0 spiro atoms. The Labute approximate surface area is 247 Å². The molecule has 2 amide bonds. The number of nitrogens with two attached hydrogens (primary N) is 2. The lowest BCUT2D eigenvalue weighted by Gasteiger charge is -2.06. The van der Waals surface area contributed by atoms with E-state index >= 15 is 0 Å². The second kappa shape index (κ2) is 12.6. The molecule has 0 atom stereocenters. The lowest BCUT2D eigenvalue weighted by molar-refractivity contribution is 0.0980. The SMILES string of the molecule is C#Cc1nc(C(N)=O)n(-c2cccnc2)c1C.Cc1c(Cl)cccc1C#Cc1nc(C(N)=O)n(-c2cccnc2)c1C. The van der Waals surface area contributed by atoms with Gasteiger partial charge in [0.05, 0.1) is 35.2 Å². The molecule has 0 bridgehead atoms. The van der Waals surface area contributed by atoms with Gasteiger partial charge in [-0.1, -0.05) is 23.6 Å². The fraction of sp³-hybridized carbons (Fsp3) is 0.0968. The van der Waals surface area contributed by atoms with Crippen LogP contribution in [0.4, 0.5) is 0 Å². The van der Waals surface area contributed by atoms with E-state index in [1.54, 1.807) is 59.0 Å². The average Bonchev–Trinajstić information content (AvgIpc) is 3.51. The quantitative estimate of drug-likeness (QED) is 0.312. The highest BCUT2D eigenvalue weighted by Crippen LogP contribution is 2.20. The number of rotatable bonds is 4. The third kappa shape index (κ3) is 6.04. The summed E-state index contributed by atoms with van der Waals surface area (Å²) in [5, 5.41) is 0.655. The van der Waals surface area contributed by atoms with Crippen molar-refractivity contribution in [2.45, 2.75) is 20.8 Å². The molecule has 4 heterocycles. The largest absolute Gasteiger partial charge is 0.363 e. The van der Waals surface area contributed by atoms with Crippen LogP contribution in [0.3, 0.4) is 0 Å². The molecule has 4 N–H and O–H groups in total. The summed E-state index contributed by atoms with van der Waals surface area (Å²) < 4.78 is 3.26. The lowest BCUT2D eigenvalue weighted by Crippen LogP contribution is -2.18. The molecular weight excluding hydrogens is 552 g/mol. The van der Waals surface area contributed by atoms with Crippen molar-refractivity contribution in [2.75, 3.05) is 0 Å². The first-order chi connectivity index (χ1) is 20.1. The normalized spacial score (nSPS) is 10.1. The van der Waals surface area contributed by atoms with Crippen LogP contribution >= 0.6 is 11.6 Å². The van der Waals surface area contributed by atoms with Crippen molar-refractivity contribution in [1.82, 2.24) is 29.1 Å². The van der Waals surface area contributed by atoms with Crippen molar-refractivity contribution in [3.05, 3.63) is 118 Å². The lowest BCUT2D eigenvalue weighted by atomic mass is 10.1. The van der Waals surface area contributed by atoms with Crippen LogP contribution in [0.2, 0.25) is 5.02 Å². The van der Waals surface area contributed by atoms with E-state index in [4.69, 9.17) is 29.5 Å². The molecule has 4 aromatic heterocycles. The van der Waals surface area contributed by atoms with Gasteiger partial charge < -0.3 is 11.5 Å². The summed E-state index contributed by atoms with van der Waals surface area (Å²) in [6.07, 6.45) is 11.9. The molecule has 11 heteroatoms. The summed E-state index contributed by atoms with van der Waals surface area (Å²) in [7, 11) is 0. The molecule has 0 saturated heterocycles. The van der Waals surface area contributed by atoms with E-state index in [-0.39, 0.29) is 11.6 Å². The van der Waals surface area contributed by atoms with Crippen molar-refractivity contribution in [3.8, 4) is 35.6 Å². The van der Waals surface area contributed by atoms with Crippen LogP contribution in [0.15, 0.2) is 67.3 Å². The number of imidazole rings is 2. The number of primary amides is 2. The molecule has 5 rings (SSSR count). The van der Waals surface area contributed by atoms with Crippen LogP contribution in [0, 0.1) is 45.0 Å². The highest BCUT2D eigenvalue weighted by molar-refractivity contribution is 6.31. The smallest absolute Gasteiger partial charge is 0.285 e. The number of amides is 2. The van der Waals surface area contributed by atoms with Gasteiger partial charge in [0, 0.05) is 23.0 Å². The van der Waals surface area contributed by atoms with E-state index in [0.717, 1.165) is 11.1 Å². The minimum atomic E-state index is -0.626. The van der Waals surface area contributed by atoms with Gasteiger partial charge in [0.25, 0.3) is 11.8 Å². The minimum Gasteiger partial charge on any atom is -0.363 e. The summed E-state index contributed by atoms with van der Waals surface area (Å²) in [5.74, 6) is 7.48. The monoisotopic (exact) mass is 576 g/mol. The van der Waals surface area contributed by atoms with Gasteiger partial charge in [0.15, 0.2) is 0 Å².